The third-order valence-corrected chi connectivity index (χ3v) is 8.40. The topological polar surface area (TPSA) is 116 Å². The maximum atomic E-state index is 12.5. The zero-order chi connectivity index (χ0) is 27.5. The summed E-state index contributed by atoms with van der Waals surface area (Å²) < 4.78 is 11.3. The summed E-state index contributed by atoms with van der Waals surface area (Å²) in [5.74, 6) is 1.01. The van der Waals surface area contributed by atoms with Crippen LogP contribution in [-0.2, 0) is 14.3 Å². The fourth-order valence-electron chi connectivity index (χ4n) is 6.03. The van der Waals surface area contributed by atoms with Gasteiger partial charge in [0.2, 0.25) is 5.91 Å². The number of hydrogen-bond donors (Lipinski definition) is 5. The monoisotopic (exact) mass is 538 g/mol. The number of carbonyl (C=O) groups is 2. The molecule has 0 unspecified atom stereocenters. The van der Waals surface area contributed by atoms with Gasteiger partial charge in [-0.25, -0.2) is 10.2 Å². The molecular weight excluding hydrogens is 484 g/mol. The smallest absolute Gasteiger partial charge is 0.426 e. The molecule has 3 fully saturated rings. The van der Waals surface area contributed by atoms with E-state index >= 15 is 0 Å². The second-order valence-electron chi connectivity index (χ2n) is 12.3. The normalized spacial score (nSPS) is 30.6. The number of hydrogen-bond acceptors (Lipinski definition) is 8. The highest BCUT2D eigenvalue weighted by Gasteiger charge is 2.33. The van der Waals surface area contributed by atoms with Gasteiger partial charge in [-0.05, 0) is 97.1 Å². The maximum absolute atomic E-state index is 12.5. The van der Waals surface area contributed by atoms with Gasteiger partial charge in [0.1, 0.15) is 11.9 Å². The van der Waals surface area contributed by atoms with Crippen LogP contribution in [0.4, 0.5) is 4.79 Å². The predicted molar refractivity (Wildman–Crippen MR) is 149 cm³/mol. The molecule has 1 heterocycles. The van der Waals surface area contributed by atoms with Crippen LogP contribution in [0.5, 0.6) is 0 Å². The van der Waals surface area contributed by atoms with Crippen molar-refractivity contribution in [1.82, 2.24) is 31.7 Å². The van der Waals surface area contributed by atoms with Crippen LogP contribution in [0.15, 0.2) is 0 Å². The molecule has 2 saturated carbocycles. The fourth-order valence-corrected chi connectivity index (χ4v) is 6.03. The van der Waals surface area contributed by atoms with Crippen molar-refractivity contribution in [3.8, 4) is 0 Å². The third kappa shape index (κ3) is 10.6. The van der Waals surface area contributed by atoms with Crippen molar-refractivity contribution in [2.24, 2.45) is 17.8 Å². The molecule has 0 spiro atoms. The van der Waals surface area contributed by atoms with Crippen molar-refractivity contribution >= 4 is 12.0 Å². The van der Waals surface area contributed by atoms with E-state index in [2.05, 4.69) is 45.5 Å². The van der Waals surface area contributed by atoms with E-state index in [-0.39, 0.29) is 18.1 Å². The predicted octanol–water partition coefficient (Wildman–Crippen LogP) is 2.70. The number of rotatable bonds is 10. The minimum absolute atomic E-state index is 0.0588. The van der Waals surface area contributed by atoms with Crippen molar-refractivity contribution in [2.45, 2.75) is 110 Å². The van der Waals surface area contributed by atoms with Crippen molar-refractivity contribution in [3.63, 3.8) is 0 Å². The van der Waals surface area contributed by atoms with Gasteiger partial charge >= 0.3 is 6.09 Å². The molecule has 1 saturated heterocycles. The zero-order valence-corrected chi connectivity index (χ0v) is 24.4. The number of nitrogens with one attached hydrogen (secondary N) is 5. The summed E-state index contributed by atoms with van der Waals surface area (Å²) in [5.41, 5.74) is 4.31. The molecule has 1 aliphatic heterocycles. The first-order valence-electron chi connectivity index (χ1n) is 15.0. The molecule has 0 atom stereocenters. The first-order chi connectivity index (χ1) is 18.2. The van der Waals surface area contributed by atoms with E-state index in [1.54, 1.807) is 20.8 Å². The van der Waals surface area contributed by atoms with Crippen molar-refractivity contribution in [1.29, 1.82) is 0 Å². The second kappa shape index (κ2) is 15.4. The van der Waals surface area contributed by atoms with Gasteiger partial charge in [0, 0.05) is 31.6 Å². The third-order valence-electron chi connectivity index (χ3n) is 8.40. The lowest BCUT2D eigenvalue weighted by Gasteiger charge is -2.40. The molecule has 0 aromatic heterocycles. The van der Waals surface area contributed by atoms with E-state index in [1.165, 1.54) is 0 Å². The Morgan fingerprint density at radius 1 is 0.868 bits per heavy atom. The second-order valence-corrected chi connectivity index (χ2v) is 12.3. The average Bonchev–Trinajstić information content (AvgIpc) is 2.90. The molecule has 3 aliphatic rings. The molecule has 0 radical (unpaired) electrons. The van der Waals surface area contributed by atoms with Crippen LogP contribution in [0, 0.1) is 17.8 Å². The highest BCUT2D eigenvalue weighted by atomic mass is 16.6. The van der Waals surface area contributed by atoms with Gasteiger partial charge in [-0.3, -0.25) is 26.2 Å². The van der Waals surface area contributed by atoms with E-state index < -0.39 is 11.7 Å². The Kier molecular flexibility index (Phi) is 12.6. The molecule has 38 heavy (non-hydrogen) atoms. The molecule has 0 aromatic carbocycles. The highest BCUT2D eigenvalue weighted by molar-refractivity contribution is 5.81. The van der Waals surface area contributed by atoms with E-state index in [0.29, 0.717) is 24.0 Å². The summed E-state index contributed by atoms with van der Waals surface area (Å²) in [4.78, 5) is 26.7. The van der Waals surface area contributed by atoms with Crippen molar-refractivity contribution in [2.75, 3.05) is 39.3 Å². The summed E-state index contributed by atoms with van der Waals surface area (Å²) in [6.45, 7) is 15.8. The van der Waals surface area contributed by atoms with Crippen LogP contribution in [-0.4, -0.2) is 80.3 Å². The molecule has 0 bridgehead atoms. The van der Waals surface area contributed by atoms with Crippen LogP contribution in [0.1, 0.15) is 86.0 Å². The summed E-state index contributed by atoms with van der Waals surface area (Å²) >= 11 is 0. The van der Waals surface area contributed by atoms with Gasteiger partial charge in [-0.2, -0.15) is 0 Å². The lowest BCUT2D eigenvalue weighted by atomic mass is 9.75. The highest BCUT2D eigenvalue weighted by Crippen LogP contribution is 2.34. The Balaban J connectivity index is 1.26. The SMILES string of the molecule is CCN(CC)CCOC1CCC(NC2NCC(C3CCC(C(=O)NNC(=O)OC(C)(C)C)CC3)CN2)CC1. The molecule has 3 rings (SSSR count). The van der Waals surface area contributed by atoms with Crippen LogP contribution < -0.4 is 26.8 Å². The van der Waals surface area contributed by atoms with Crippen molar-refractivity contribution in [3.05, 3.63) is 0 Å². The first kappa shape index (κ1) is 31.1. The summed E-state index contributed by atoms with van der Waals surface area (Å²) in [5, 5.41) is 11.1. The molecule has 220 valence electrons. The molecule has 10 heteroatoms. The fraction of sp³-hybridized carbons (Fsp3) is 0.929. The Hall–Kier alpha value is -1.46. The Bertz CT molecular complexity index is 705. The zero-order valence-electron chi connectivity index (χ0n) is 24.4. The minimum atomic E-state index is -0.630. The molecule has 2 amide bonds. The van der Waals surface area contributed by atoms with Crippen LogP contribution in [0.25, 0.3) is 0 Å². The molecule has 0 aromatic rings. The minimum Gasteiger partial charge on any atom is -0.443 e. The molecule has 2 aliphatic carbocycles. The molecular formula is C28H54N6O4. The number of hydrazine groups is 1. The van der Waals surface area contributed by atoms with Crippen LogP contribution >= 0.6 is 0 Å². The maximum Gasteiger partial charge on any atom is 0.426 e. The van der Waals surface area contributed by atoms with Gasteiger partial charge in [0.15, 0.2) is 0 Å². The van der Waals surface area contributed by atoms with Gasteiger partial charge in [-0.15, -0.1) is 0 Å². The summed E-state index contributed by atoms with van der Waals surface area (Å²) in [7, 11) is 0. The average molecular weight is 539 g/mol. The molecule has 10 nitrogen and oxygen atoms in total. The summed E-state index contributed by atoms with van der Waals surface area (Å²) in [6, 6.07) is 0.530. The Labute approximate surface area is 230 Å². The lowest BCUT2D eigenvalue weighted by molar-refractivity contribution is -0.127. The largest absolute Gasteiger partial charge is 0.443 e. The first-order valence-corrected chi connectivity index (χ1v) is 15.0. The van der Waals surface area contributed by atoms with Gasteiger partial charge in [0.25, 0.3) is 0 Å². The van der Waals surface area contributed by atoms with Crippen molar-refractivity contribution < 1.29 is 19.1 Å². The van der Waals surface area contributed by atoms with Crippen LogP contribution in [0.3, 0.4) is 0 Å². The lowest BCUT2D eigenvalue weighted by Crippen LogP contribution is -2.63. The van der Waals surface area contributed by atoms with E-state index in [1.807, 2.05) is 0 Å². The van der Waals surface area contributed by atoms with E-state index in [4.69, 9.17) is 9.47 Å². The number of ether oxygens (including phenoxy) is 2. The Morgan fingerprint density at radius 3 is 2.08 bits per heavy atom. The standard InChI is InChI=1S/C28H54N6O4/c1-6-34(7-2)16-17-37-24-14-12-23(13-15-24)31-26-29-18-22(19-30-26)20-8-10-21(11-9-20)25(35)32-33-27(36)38-28(3,4)5/h20-24,26,29-31H,6-19H2,1-5H3,(H,32,35)(H,33,36). The number of likely N-dealkylation sites (N-methyl/N-ethyl adjacent to an activating group) is 1. The number of nitrogens with zero attached hydrogens (tertiary/aromatic N) is 1. The summed E-state index contributed by atoms with van der Waals surface area (Å²) in [6.07, 6.45) is 8.31. The molecule has 5 N–H and O–H groups in total. The van der Waals surface area contributed by atoms with Gasteiger partial charge < -0.3 is 14.4 Å². The quantitative estimate of drug-likeness (QED) is 0.270. The van der Waals surface area contributed by atoms with Gasteiger partial charge in [-0.1, -0.05) is 13.8 Å². The number of amides is 2. The van der Waals surface area contributed by atoms with Crippen LogP contribution in [0.2, 0.25) is 0 Å². The Morgan fingerprint density at radius 2 is 1.50 bits per heavy atom. The van der Waals surface area contributed by atoms with Gasteiger partial charge in [0.05, 0.1) is 12.7 Å². The number of carbonyl (C=O) groups excluding carboxylic acids is 2. The van der Waals surface area contributed by atoms with E-state index in [9.17, 15) is 9.59 Å². The van der Waals surface area contributed by atoms with E-state index in [0.717, 1.165) is 90.7 Å².